The second-order valence-electron chi connectivity index (χ2n) is 5.29. The van der Waals surface area contributed by atoms with Crippen molar-refractivity contribution in [3.05, 3.63) is 0 Å². The molecule has 3 N–H and O–H groups in total. The minimum absolute atomic E-state index is 0.129. The summed E-state index contributed by atoms with van der Waals surface area (Å²) in [5.74, 6) is 0.988. The van der Waals surface area contributed by atoms with Crippen LogP contribution in [-0.2, 0) is 4.79 Å². The summed E-state index contributed by atoms with van der Waals surface area (Å²) >= 11 is 0. The van der Waals surface area contributed by atoms with Crippen molar-refractivity contribution in [2.45, 2.75) is 52.0 Å². The van der Waals surface area contributed by atoms with Gasteiger partial charge in [-0.1, -0.05) is 13.3 Å². The van der Waals surface area contributed by atoms with Crippen molar-refractivity contribution in [2.24, 2.45) is 11.7 Å². The van der Waals surface area contributed by atoms with E-state index in [0.717, 1.165) is 19.0 Å². The highest BCUT2D eigenvalue weighted by atomic mass is 16.1. The normalized spacial score (nSPS) is 23.4. The second kappa shape index (κ2) is 8.48. The summed E-state index contributed by atoms with van der Waals surface area (Å²) in [7, 11) is 0. The molecule has 1 rings (SSSR count). The molecule has 4 heteroatoms. The lowest BCUT2D eigenvalue weighted by Gasteiger charge is -2.29. The maximum atomic E-state index is 11.7. The predicted molar refractivity (Wildman–Crippen MR) is 75.3 cm³/mol. The van der Waals surface area contributed by atoms with E-state index in [9.17, 15) is 4.79 Å². The van der Waals surface area contributed by atoms with Gasteiger partial charge in [-0.25, -0.2) is 0 Å². The van der Waals surface area contributed by atoms with Crippen LogP contribution in [0.25, 0.3) is 0 Å². The summed E-state index contributed by atoms with van der Waals surface area (Å²) in [6.45, 7) is 7.70. The average molecular weight is 255 g/mol. The molecule has 1 amide bonds. The maximum absolute atomic E-state index is 11.7. The molecule has 0 bridgehead atoms. The number of amides is 1. The van der Waals surface area contributed by atoms with Crippen molar-refractivity contribution < 1.29 is 4.79 Å². The number of carbonyl (C=O) groups excluding carboxylic acids is 1. The average Bonchev–Trinajstić information content (AvgIpc) is 2.61. The SMILES string of the molecule is CCNC(=O)CC(CN)N1CCCC(CC)CC1. The fourth-order valence-corrected chi connectivity index (χ4v) is 2.81. The molecule has 18 heavy (non-hydrogen) atoms. The van der Waals surface area contributed by atoms with Gasteiger partial charge in [0.2, 0.25) is 5.91 Å². The highest BCUT2D eigenvalue weighted by molar-refractivity contribution is 5.76. The van der Waals surface area contributed by atoms with E-state index in [1.54, 1.807) is 0 Å². The monoisotopic (exact) mass is 255 g/mol. The van der Waals surface area contributed by atoms with Crippen LogP contribution in [0.4, 0.5) is 0 Å². The first-order valence-electron chi connectivity index (χ1n) is 7.42. The third kappa shape index (κ3) is 4.94. The first kappa shape index (κ1) is 15.4. The van der Waals surface area contributed by atoms with Crippen LogP contribution in [0, 0.1) is 5.92 Å². The van der Waals surface area contributed by atoms with E-state index in [4.69, 9.17) is 5.73 Å². The van der Waals surface area contributed by atoms with E-state index in [1.807, 2.05) is 6.92 Å². The van der Waals surface area contributed by atoms with Crippen LogP contribution in [0.2, 0.25) is 0 Å². The van der Waals surface area contributed by atoms with Gasteiger partial charge in [-0.2, -0.15) is 0 Å². The topological polar surface area (TPSA) is 58.4 Å². The number of nitrogens with two attached hydrogens (primary N) is 1. The number of nitrogens with one attached hydrogen (secondary N) is 1. The molecule has 1 fully saturated rings. The fraction of sp³-hybridized carbons (Fsp3) is 0.929. The highest BCUT2D eigenvalue weighted by Crippen LogP contribution is 2.21. The van der Waals surface area contributed by atoms with E-state index in [2.05, 4.69) is 17.1 Å². The van der Waals surface area contributed by atoms with E-state index >= 15 is 0 Å². The molecule has 0 aliphatic carbocycles. The number of carbonyl (C=O) groups is 1. The number of rotatable bonds is 6. The highest BCUT2D eigenvalue weighted by Gasteiger charge is 2.23. The molecular formula is C14H29N3O. The summed E-state index contributed by atoms with van der Waals surface area (Å²) in [5, 5.41) is 2.86. The minimum atomic E-state index is 0.129. The Hall–Kier alpha value is -0.610. The van der Waals surface area contributed by atoms with E-state index in [1.165, 1.54) is 25.7 Å². The lowest BCUT2D eigenvalue weighted by atomic mass is 9.98. The van der Waals surface area contributed by atoms with Crippen LogP contribution in [0.3, 0.4) is 0 Å². The third-order valence-electron chi connectivity index (χ3n) is 4.04. The molecule has 106 valence electrons. The Balaban J connectivity index is 2.46. The Morgan fingerprint density at radius 2 is 2.17 bits per heavy atom. The number of likely N-dealkylation sites (tertiary alicyclic amines) is 1. The molecule has 0 aromatic rings. The van der Waals surface area contributed by atoms with E-state index < -0.39 is 0 Å². The number of hydrogen-bond donors (Lipinski definition) is 2. The predicted octanol–water partition coefficient (Wildman–Crippen LogP) is 1.35. The van der Waals surface area contributed by atoms with Crippen molar-refractivity contribution in [2.75, 3.05) is 26.2 Å². The molecule has 0 saturated carbocycles. The number of nitrogens with zero attached hydrogens (tertiary/aromatic N) is 1. The Bertz CT molecular complexity index is 245. The lowest BCUT2D eigenvalue weighted by molar-refractivity contribution is -0.122. The molecule has 1 saturated heterocycles. The van der Waals surface area contributed by atoms with Crippen LogP contribution in [-0.4, -0.2) is 43.0 Å². The van der Waals surface area contributed by atoms with Gasteiger partial charge < -0.3 is 11.1 Å². The zero-order chi connectivity index (χ0) is 13.4. The molecule has 1 heterocycles. The van der Waals surface area contributed by atoms with E-state index in [-0.39, 0.29) is 11.9 Å². The van der Waals surface area contributed by atoms with Crippen LogP contribution < -0.4 is 11.1 Å². The van der Waals surface area contributed by atoms with Crippen molar-refractivity contribution >= 4 is 5.91 Å². The zero-order valence-electron chi connectivity index (χ0n) is 12.0. The standard InChI is InChI=1S/C14H29N3O/c1-3-12-6-5-8-17(9-7-12)13(11-15)10-14(18)16-4-2/h12-13H,3-11,15H2,1-2H3,(H,16,18). The van der Waals surface area contributed by atoms with E-state index in [0.29, 0.717) is 19.5 Å². The van der Waals surface area contributed by atoms with Gasteiger partial charge in [0.15, 0.2) is 0 Å². The quantitative estimate of drug-likeness (QED) is 0.753. The largest absolute Gasteiger partial charge is 0.356 e. The molecule has 0 aromatic heterocycles. The fourth-order valence-electron chi connectivity index (χ4n) is 2.81. The smallest absolute Gasteiger partial charge is 0.221 e. The Labute approximate surface area is 111 Å². The summed E-state index contributed by atoms with van der Waals surface area (Å²) in [6.07, 6.45) is 5.64. The number of hydrogen-bond acceptors (Lipinski definition) is 3. The van der Waals surface area contributed by atoms with Crippen LogP contribution in [0.15, 0.2) is 0 Å². The van der Waals surface area contributed by atoms with Gasteiger partial charge in [0, 0.05) is 25.6 Å². The molecule has 2 unspecified atom stereocenters. The van der Waals surface area contributed by atoms with Gasteiger partial charge in [-0.15, -0.1) is 0 Å². The van der Waals surface area contributed by atoms with Gasteiger partial charge >= 0.3 is 0 Å². The Morgan fingerprint density at radius 3 is 2.78 bits per heavy atom. The molecule has 1 aliphatic heterocycles. The summed E-state index contributed by atoms with van der Waals surface area (Å²) < 4.78 is 0. The van der Waals surface area contributed by atoms with Crippen molar-refractivity contribution in [3.8, 4) is 0 Å². The molecule has 4 nitrogen and oxygen atoms in total. The van der Waals surface area contributed by atoms with Gasteiger partial charge in [0.1, 0.15) is 0 Å². The molecule has 0 aromatic carbocycles. The third-order valence-corrected chi connectivity index (χ3v) is 4.04. The zero-order valence-corrected chi connectivity index (χ0v) is 12.0. The molecule has 0 spiro atoms. The minimum Gasteiger partial charge on any atom is -0.356 e. The molecule has 2 atom stereocenters. The van der Waals surface area contributed by atoms with Crippen LogP contribution >= 0.6 is 0 Å². The van der Waals surface area contributed by atoms with Crippen molar-refractivity contribution in [1.29, 1.82) is 0 Å². The summed E-state index contributed by atoms with van der Waals surface area (Å²) in [4.78, 5) is 14.1. The Morgan fingerprint density at radius 1 is 1.39 bits per heavy atom. The van der Waals surface area contributed by atoms with Gasteiger partial charge in [-0.3, -0.25) is 9.69 Å². The second-order valence-corrected chi connectivity index (χ2v) is 5.29. The van der Waals surface area contributed by atoms with Crippen LogP contribution in [0.5, 0.6) is 0 Å². The first-order chi connectivity index (χ1) is 8.71. The van der Waals surface area contributed by atoms with Crippen molar-refractivity contribution in [3.63, 3.8) is 0 Å². The first-order valence-corrected chi connectivity index (χ1v) is 7.42. The van der Waals surface area contributed by atoms with Crippen LogP contribution in [0.1, 0.15) is 46.0 Å². The van der Waals surface area contributed by atoms with Gasteiger partial charge in [0.05, 0.1) is 0 Å². The Kier molecular flexibility index (Phi) is 7.28. The lowest BCUT2D eigenvalue weighted by Crippen LogP contribution is -2.44. The molecular weight excluding hydrogens is 226 g/mol. The van der Waals surface area contributed by atoms with Gasteiger partial charge in [0.25, 0.3) is 0 Å². The summed E-state index contributed by atoms with van der Waals surface area (Å²) in [6, 6.07) is 0.215. The summed E-state index contributed by atoms with van der Waals surface area (Å²) in [5.41, 5.74) is 5.84. The van der Waals surface area contributed by atoms with Crippen molar-refractivity contribution in [1.82, 2.24) is 10.2 Å². The van der Waals surface area contributed by atoms with Gasteiger partial charge in [-0.05, 0) is 45.2 Å². The molecule has 0 radical (unpaired) electrons. The molecule has 1 aliphatic rings. The maximum Gasteiger partial charge on any atom is 0.221 e.